The zero-order valence-electron chi connectivity index (χ0n) is 17.8. The van der Waals surface area contributed by atoms with Crippen molar-refractivity contribution in [2.24, 2.45) is 4.99 Å². The van der Waals surface area contributed by atoms with Gasteiger partial charge in [0.2, 0.25) is 0 Å². The smallest absolute Gasteiger partial charge is 0.258 e. The molecule has 4 rings (SSSR count). The molecular weight excluding hydrogens is 461 g/mol. The van der Waals surface area contributed by atoms with E-state index in [0.29, 0.717) is 27.1 Å². The summed E-state index contributed by atoms with van der Waals surface area (Å²) in [5.41, 5.74) is 1.97. The summed E-state index contributed by atoms with van der Waals surface area (Å²) in [6, 6.07) is 15.1. The van der Waals surface area contributed by atoms with Gasteiger partial charge in [0.1, 0.15) is 11.7 Å². The molecule has 3 aromatic rings. The third-order valence-corrected chi connectivity index (χ3v) is 5.62. The maximum atomic E-state index is 12.9. The summed E-state index contributed by atoms with van der Waals surface area (Å²) < 4.78 is 0. The number of hydrogen-bond donors (Lipinski definition) is 2. The third-order valence-electron chi connectivity index (χ3n) is 5.16. The monoisotopic (exact) mass is 481 g/mol. The second kappa shape index (κ2) is 10.0. The average Bonchev–Trinajstić information content (AvgIpc) is 3.30. The number of pyridine rings is 1. The van der Waals surface area contributed by atoms with Gasteiger partial charge in [-0.25, -0.2) is 4.98 Å². The lowest BCUT2D eigenvalue weighted by atomic mass is 10.1. The number of carbonyl (C=O) groups is 2. The summed E-state index contributed by atoms with van der Waals surface area (Å²) in [6.07, 6.45) is 1.43. The van der Waals surface area contributed by atoms with E-state index in [2.05, 4.69) is 32.4 Å². The molecule has 2 heterocycles. The van der Waals surface area contributed by atoms with Crippen molar-refractivity contribution in [3.63, 3.8) is 0 Å². The van der Waals surface area contributed by atoms with Crippen LogP contribution in [-0.4, -0.2) is 47.2 Å². The Hall–Kier alpha value is -3.42. The first-order valence-corrected chi connectivity index (χ1v) is 11.1. The number of benzene rings is 2. The van der Waals surface area contributed by atoms with Crippen LogP contribution in [0.4, 0.5) is 11.5 Å². The van der Waals surface area contributed by atoms with Crippen LogP contribution in [0.3, 0.4) is 0 Å². The van der Waals surface area contributed by atoms with E-state index in [1.807, 2.05) is 12.1 Å². The maximum Gasteiger partial charge on any atom is 0.258 e. The van der Waals surface area contributed by atoms with E-state index in [-0.39, 0.29) is 11.5 Å². The van der Waals surface area contributed by atoms with Crippen molar-refractivity contribution in [3.8, 4) is 0 Å². The van der Waals surface area contributed by atoms with Gasteiger partial charge in [0.25, 0.3) is 11.8 Å². The van der Waals surface area contributed by atoms with E-state index in [1.165, 1.54) is 12.3 Å². The molecule has 1 aromatic heterocycles. The maximum absolute atomic E-state index is 12.9. The van der Waals surface area contributed by atoms with Gasteiger partial charge in [-0.1, -0.05) is 35.3 Å². The van der Waals surface area contributed by atoms with Gasteiger partial charge >= 0.3 is 0 Å². The minimum atomic E-state index is -0.461. The SMILES string of the molecule is CCN1CCN=C1c1ccc(C(=O)Nc2ccc(Cl)cc2C(=O)Nc2ccc(Cl)cn2)cc1. The molecule has 0 unspecified atom stereocenters. The number of hydrogen-bond acceptors (Lipinski definition) is 5. The van der Waals surface area contributed by atoms with Gasteiger partial charge in [0.05, 0.1) is 22.8 Å². The predicted octanol–water partition coefficient (Wildman–Crippen LogP) is 4.98. The summed E-state index contributed by atoms with van der Waals surface area (Å²) >= 11 is 11.9. The van der Waals surface area contributed by atoms with Gasteiger partial charge in [-0.3, -0.25) is 14.6 Å². The molecule has 2 aromatic carbocycles. The normalized spacial score (nSPS) is 12.9. The molecule has 0 atom stereocenters. The van der Waals surface area contributed by atoms with Crippen LogP contribution in [0, 0.1) is 0 Å². The molecule has 2 N–H and O–H groups in total. The number of rotatable bonds is 6. The first-order valence-electron chi connectivity index (χ1n) is 10.4. The lowest BCUT2D eigenvalue weighted by molar-refractivity contribution is 0.102. The van der Waals surface area contributed by atoms with Crippen molar-refractivity contribution in [2.45, 2.75) is 6.92 Å². The number of anilines is 2. The molecule has 0 radical (unpaired) electrons. The van der Waals surface area contributed by atoms with E-state index in [1.54, 1.807) is 36.4 Å². The molecule has 168 valence electrons. The number of amidine groups is 1. The average molecular weight is 482 g/mol. The minimum Gasteiger partial charge on any atom is -0.355 e. The lowest BCUT2D eigenvalue weighted by Gasteiger charge is -2.18. The number of aromatic nitrogens is 1. The number of carbonyl (C=O) groups excluding carboxylic acids is 2. The standard InChI is InChI=1S/C24H21Cl2N5O2/c1-2-31-12-11-27-22(31)15-3-5-16(6-4-15)23(32)29-20-9-7-17(25)13-19(20)24(33)30-21-10-8-18(26)14-28-21/h3-10,13-14H,2,11-12H2,1H3,(H,29,32)(H,28,30,33). The van der Waals surface area contributed by atoms with Crippen LogP contribution in [0.2, 0.25) is 10.0 Å². The predicted molar refractivity (Wildman–Crippen MR) is 132 cm³/mol. The van der Waals surface area contributed by atoms with Gasteiger partial charge in [-0.2, -0.15) is 0 Å². The fraction of sp³-hybridized carbons (Fsp3) is 0.167. The summed E-state index contributed by atoms with van der Waals surface area (Å²) in [6.45, 7) is 4.65. The molecule has 0 fully saturated rings. The van der Waals surface area contributed by atoms with Crippen molar-refractivity contribution < 1.29 is 9.59 Å². The van der Waals surface area contributed by atoms with Crippen molar-refractivity contribution >= 4 is 52.4 Å². The molecule has 0 aliphatic carbocycles. The number of halogens is 2. The highest BCUT2D eigenvalue weighted by Crippen LogP contribution is 2.23. The van der Waals surface area contributed by atoms with E-state index >= 15 is 0 Å². The lowest BCUT2D eigenvalue weighted by Crippen LogP contribution is -2.28. The van der Waals surface area contributed by atoms with Gasteiger partial charge < -0.3 is 15.5 Å². The number of amides is 2. The fourth-order valence-corrected chi connectivity index (χ4v) is 3.76. The largest absolute Gasteiger partial charge is 0.355 e. The molecule has 0 saturated heterocycles. The van der Waals surface area contributed by atoms with Crippen LogP contribution in [0.1, 0.15) is 33.2 Å². The highest BCUT2D eigenvalue weighted by atomic mass is 35.5. The Morgan fingerprint density at radius 1 is 0.970 bits per heavy atom. The molecule has 0 spiro atoms. The Labute approximate surface area is 201 Å². The fourth-order valence-electron chi connectivity index (χ4n) is 3.48. The van der Waals surface area contributed by atoms with Crippen molar-refractivity contribution in [3.05, 3.63) is 87.5 Å². The number of aliphatic imine (C=N–C) groups is 1. The quantitative estimate of drug-likeness (QED) is 0.519. The zero-order chi connectivity index (χ0) is 23.4. The van der Waals surface area contributed by atoms with Crippen LogP contribution in [0.25, 0.3) is 0 Å². The van der Waals surface area contributed by atoms with Crippen molar-refractivity contribution in [1.82, 2.24) is 9.88 Å². The van der Waals surface area contributed by atoms with Gasteiger partial charge in [0, 0.05) is 35.4 Å². The second-order valence-corrected chi connectivity index (χ2v) is 8.20. The zero-order valence-corrected chi connectivity index (χ0v) is 19.3. The van der Waals surface area contributed by atoms with Gasteiger partial charge in [0.15, 0.2) is 0 Å². The molecule has 0 saturated carbocycles. The molecule has 0 bridgehead atoms. The molecule has 33 heavy (non-hydrogen) atoms. The topological polar surface area (TPSA) is 86.7 Å². The van der Waals surface area contributed by atoms with Gasteiger partial charge in [-0.05, 0) is 49.4 Å². The van der Waals surface area contributed by atoms with Crippen LogP contribution >= 0.6 is 23.2 Å². The van der Waals surface area contributed by atoms with E-state index < -0.39 is 5.91 Å². The number of nitrogens with one attached hydrogen (secondary N) is 2. The highest BCUT2D eigenvalue weighted by molar-refractivity contribution is 6.31. The van der Waals surface area contributed by atoms with Crippen molar-refractivity contribution in [1.29, 1.82) is 0 Å². The first kappa shape index (κ1) is 22.8. The molecule has 1 aliphatic heterocycles. The van der Waals surface area contributed by atoms with Crippen molar-refractivity contribution in [2.75, 3.05) is 30.3 Å². The second-order valence-electron chi connectivity index (χ2n) is 7.32. The minimum absolute atomic E-state index is 0.211. The summed E-state index contributed by atoms with van der Waals surface area (Å²) in [4.78, 5) is 36.5. The number of likely N-dealkylation sites (N-methyl/N-ethyl adjacent to an activating group) is 1. The van der Waals surface area contributed by atoms with E-state index in [0.717, 1.165) is 31.0 Å². The summed E-state index contributed by atoms with van der Waals surface area (Å²) in [5.74, 6) is 0.463. The molecule has 9 heteroatoms. The number of nitrogens with zero attached hydrogens (tertiary/aromatic N) is 3. The van der Waals surface area contributed by atoms with Gasteiger partial charge in [-0.15, -0.1) is 0 Å². The Morgan fingerprint density at radius 2 is 1.73 bits per heavy atom. The van der Waals surface area contributed by atoms with Crippen LogP contribution in [-0.2, 0) is 0 Å². The van der Waals surface area contributed by atoms with Crippen LogP contribution in [0.15, 0.2) is 65.8 Å². The van der Waals surface area contributed by atoms with Crippen LogP contribution < -0.4 is 10.6 Å². The van der Waals surface area contributed by atoms with E-state index in [4.69, 9.17) is 23.2 Å². The molecule has 2 amide bonds. The Morgan fingerprint density at radius 3 is 2.42 bits per heavy atom. The molecular formula is C24H21Cl2N5O2. The third kappa shape index (κ3) is 5.32. The first-order chi connectivity index (χ1) is 15.9. The van der Waals surface area contributed by atoms with E-state index in [9.17, 15) is 9.59 Å². The molecule has 7 nitrogen and oxygen atoms in total. The Bertz CT molecular complexity index is 1210. The molecule has 1 aliphatic rings. The highest BCUT2D eigenvalue weighted by Gasteiger charge is 2.19. The Kier molecular flexibility index (Phi) is 6.91. The Balaban J connectivity index is 1.51. The van der Waals surface area contributed by atoms with Crippen LogP contribution in [0.5, 0.6) is 0 Å². The summed E-state index contributed by atoms with van der Waals surface area (Å²) in [5, 5.41) is 6.30. The summed E-state index contributed by atoms with van der Waals surface area (Å²) in [7, 11) is 0.